The molecule has 6 nitrogen and oxygen atoms in total. The van der Waals surface area contributed by atoms with Crippen LogP contribution in [-0.4, -0.2) is 31.6 Å². The Balaban J connectivity index is 1.85. The summed E-state index contributed by atoms with van der Waals surface area (Å²) < 4.78 is 5.08. The first-order chi connectivity index (χ1) is 9.17. The van der Waals surface area contributed by atoms with Crippen LogP contribution < -0.4 is 20.7 Å². The number of urea groups is 1. The molecule has 1 fully saturated rings. The Bertz CT molecular complexity index is 466. The molecule has 0 saturated carbocycles. The van der Waals surface area contributed by atoms with Crippen LogP contribution in [0.25, 0.3) is 0 Å². The summed E-state index contributed by atoms with van der Waals surface area (Å²) in [5.74, 6) is 0.717. The van der Waals surface area contributed by atoms with Crippen molar-refractivity contribution >= 4 is 17.6 Å². The van der Waals surface area contributed by atoms with Gasteiger partial charge in [0.25, 0.3) is 0 Å². The maximum Gasteiger partial charge on any atom is 0.319 e. The number of nitrogens with one attached hydrogen (secondary N) is 3. The van der Waals surface area contributed by atoms with Crippen molar-refractivity contribution in [3.05, 3.63) is 24.3 Å². The van der Waals surface area contributed by atoms with Gasteiger partial charge in [-0.1, -0.05) is 6.07 Å². The van der Waals surface area contributed by atoms with E-state index in [1.165, 1.54) is 0 Å². The third-order valence-corrected chi connectivity index (χ3v) is 2.93. The molecule has 1 unspecified atom stereocenters. The van der Waals surface area contributed by atoms with Crippen LogP contribution >= 0.6 is 0 Å². The van der Waals surface area contributed by atoms with Crippen LogP contribution in [0.2, 0.25) is 0 Å². The molecule has 1 saturated heterocycles. The van der Waals surface area contributed by atoms with E-state index in [1.807, 2.05) is 0 Å². The minimum atomic E-state index is -0.283. The molecule has 1 aromatic rings. The van der Waals surface area contributed by atoms with Gasteiger partial charge in [0.1, 0.15) is 5.75 Å². The first-order valence-corrected chi connectivity index (χ1v) is 6.15. The summed E-state index contributed by atoms with van der Waals surface area (Å²) >= 11 is 0. The minimum Gasteiger partial charge on any atom is -0.497 e. The molecular formula is C13H17N3O3. The number of ether oxygens (including phenoxy) is 1. The number of benzene rings is 1. The predicted octanol–water partition coefficient (Wildman–Crippen LogP) is 1.10. The number of carbonyl (C=O) groups excluding carboxylic acids is 2. The fourth-order valence-electron chi connectivity index (χ4n) is 1.91. The Labute approximate surface area is 111 Å². The van der Waals surface area contributed by atoms with E-state index in [0.29, 0.717) is 30.8 Å². The van der Waals surface area contributed by atoms with Gasteiger partial charge in [-0.25, -0.2) is 4.79 Å². The number of piperidine rings is 1. The quantitative estimate of drug-likeness (QED) is 0.764. The second-order valence-corrected chi connectivity index (χ2v) is 4.37. The summed E-state index contributed by atoms with van der Waals surface area (Å²) in [5.41, 5.74) is 0.664. The fraction of sp³-hybridized carbons (Fsp3) is 0.385. The number of amides is 3. The topological polar surface area (TPSA) is 79.5 Å². The molecule has 1 aliphatic heterocycles. The standard InChI is InChI=1S/C13H17N3O3/c1-19-11-4-2-3-9(7-11)15-13(18)16-10-5-6-12(17)14-8-10/h2-4,7,10H,5-6,8H2,1H3,(H,14,17)(H2,15,16,18). The summed E-state index contributed by atoms with van der Waals surface area (Å²) in [7, 11) is 1.57. The van der Waals surface area contributed by atoms with Gasteiger partial charge < -0.3 is 20.7 Å². The van der Waals surface area contributed by atoms with E-state index in [1.54, 1.807) is 31.4 Å². The highest BCUT2D eigenvalue weighted by atomic mass is 16.5. The smallest absolute Gasteiger partial charge is 0.319 e. The number of methoxy groups -OCH3 is 1. The summed E-state index contributed by atoms with van der Waals surface area (Å²) in [6.45, 7) is 0.477. The van der Waals surface area contributed by atoms with Crippen molar-refractivity contribution in [1.29, 1.82) is 0 Å². The molecule has 0 aromatic heterocycles. The van der Waals surface area contributed by atoms with Crippen molar-refractivity contribution < 1.29 is 14.3 Å². The van der Waals surface area contributed by atoms with Gasteiger partial charge in [0.2, 0.25) is 5.91 Å². The Kier molecular flexibility index (Phi) is 4.22. The lowest BCUT2D eigenvalue weighted by Crippen LogP contribution is -2.48. The van der Waals surface area contributed by atoms with Crippen LogP contribution in [0.3, 0.4) is 0 Å². The normalized spacial score (nSPS) is 18.4. The highest BCUT2D eigenvalue weighted by Gasteiger charge is 2.19. The second-order valence-electron chi connectivity index (χ2n) is 4.37. The third-order valence-electron chi connectivity index (χ3n) is 2.93. The van der Waals surface area contributed by atoms with Crippen molar-refractivity contribution in [2.75, 3.05) is 19.0 Å². The monoisotopic (exact) mass is 263 g/mol. The van der Waals surface area contributed by atoms with Gasteiger partial charge in [-0.3, -0.25) is 4.79 Å². The second kappa shape index (κ2) is 6.08. The lowest BCUT2D eigenvalue weighted by molar-refractivity contribution is -0.122. The number of rotatable bonds is 3. The Hall–Kier alpha value is -2.24. The van der Waals surface area contributed by atoms with Crippen LogP contribution in [0.5, 0.6) is 5.75 Å². The van der Waals surface area contributed by atoms with Gasteiger partial charge in [-0.15, -0.1) is 0 Å². The van der Waals surface area contributed by atoms with Crippen LogP contribution in [0, 0.1) is 0 Å². The third kappa shape index (κ3) is 3.87. The lowest BCUT2D eigenvalue weighted by Gasteiger charge is -2.23. The van der Waals surface area contributed by atoms with Crippen molar-refractivity contribution in [3.63, 3.8) is 0 Å². The lowest BCUT2D eigenvalue weighted by atomic mass is 10.1. The number of hydrogen-bond donors (Lipinski definition) is 3. The molecule has 0 aliphatic carbocycles. The molecule has 3 amide bonds. The fourth-order valence-corrected chi connectivity index (χ4v) is 1.91. The molecule has 19 heavy (non-hydrogen) atoms. The van der Waals surface area contributed by atoms with E-state index < -0.39 is 0 Å². The average Bonchev–Trinajstić information content (AvgIpc) is 2.41. The first kappa shape index (κ1) is 13.2. The van der Waals surface area contributed by atoms with Gasteiger partial charge in [0.05, 0.1) is 7.11 Å². The minimum absolute atomic E-state index is 0.0247. The summed E-state index contributed by atoms with van der Waals surface area (Å²) in [6.07, 6.45) is 1.11. The Morgan fingerprint density at radius 3 is 3.00 bits per heavy atom. The number of hydrogen-bond acceptors (Lipinski definition) is 3. The summed E-state index contributed by atoms with van der Waals surface area (Å²) in [5, 5.41) is 8.27. The molecule has 1 atom stereocenters. The van der Waals surface area contributed by atoms with Gasteiger partial charge in [0.15, 0.2) is 0 Å². The number of anilines is 1. The van der Waals surface area contributed by atoms with Crippen LogP contribution in [0.1, 0.15) is 12.8 Å². The molecule has 0 bridgehead atoms. The molecule has 1 heterocycles. The van der Waals surface area contributed by atoms with Crippen LogP contribution in [0.4, 0.5) is 10.5 Å². The molecule has 102 valence electrons. The van der Waals surface area contributed by atoms with Crippen molar-refractivity contribution in [1.82, 2.24) is 10.6 Å². The zero-order valence-corrected chi connectivity index (χ0v) is 10.7. The van der Waals surface area contributed by atoms with Crippen molar-refractivity contribution in [2.45, 2.75) is 18.9 Å². The summed E-state index contributed by atoms with van der Waals surface area (Å²) in [4.78, 5) is 22.8. The SMILES string of the molecule is COc1cccc(NC(=O)NC2CCC(=O)NC2)c1. The average molecular weight is 263 g/mol. The molecule has 2 rings (SSSR count). The van der Waals surface area contributed by atoms with E-state index in [9.17, 15) is 9.59 Å². The van der Waals surface area contributed by atoms with E-state index in [4.69, 9.17) is 4.74 Å². The van der Waals surface area contributed by atoms with Crippen LogP contribution in [-0.2, 0) is 4.79 Å². The first-order valence-electron chi connectivity index (χ1n) is 6.15. The summed E-state index contributed by atoms with van der Waals surface area (Å²) in [6, 6.07) is 6.82. The van der Waals surface area contributed by atoms with Gasteiger partial charge >= 0.3 is 6.03 Å². The van der Waals surface area contributed by atoms with Gasteiger partial charge in [-0.05, 0) is 18.6 Å². The maximum atomic E-state index is 11.8. The van der Waals surface area contributed by atoms with Gasteiger partial charge in [0, 0.05) is 30.8 Å². The van der Waals surface area contributed by atoms with Gasteiger partial charge in [-0.2, -0.15) is 0 Å². The molecular weight excluding hydrogens is 246 g/mol. The van der Waals surface area contributed by atoms with Crippen molar-refractivity contribution in [2.24, 2.45) is 0 Å². The molecule has 1 aliphatic rings. The zero-order chi connectivity index (χ0) is 13.7. The van der Waals surface area contributed by atoms with E-state index >= 15 is 0 Å². The Morgan fingerprint density at radius 1 is 1.47 bits per heavy atom. The molecule has 0 spiro atoms. The molecule has 0 radical (unpaired) electrons. The maximum absolute atomic E-state index is 11.8. The van der Waals surface area contributed by atoms with E-state index in [-0.39, 0.29) is 18.0 Å². The Morgan fingerprint density at radius 2 is 2.32 bits per heavy atom. The predicted molar refractivity (Wildman–Crippen MR) is 71.2 cm³/mol. The van der Waals surface area contributed by atoms with Crippen molar-refractivity contribution in [3.8, 4) is 5.75 Å². The molecule has 6 heteroatoms. The zero-order valence-electron chi connectivity index (χ0n) is 10.7. The number of carbonyl (C=O) groups is 2. The largest absolute Gasteiger partial charge is 0.497 e. The van der Waals surface area contributed by atoms with Crippen LogP contribution in [0.15, 0.2) is 24.3 Å². The highest BCUT2D eigenvalue weighted by molar-refractivity contribution is 5.89. The molecule has 1 aromatic carbocycles. The molecule has 3 N–H and O–H groups in total. The van der Waals surface area contributed by atoms with E-state index in [0.717, 1.165) is 0 Å². The highest BCUT2D eigenvalue weighted by Crippen LogP contribution is 2.16. The van der Waals surface area contributed by atoms with E-state index in [2.05, 4.69) is 16.0 Å².